The standard InChI is InChI=1S/C41H79N2O3P/c1-5-7-9-11-13-15-17-19-21-23-25-27-29-31-33-35-40-45-47(44,42-38-37-39-43(3)4)46-41-36-34-32-30-28-26-24-22-20-18-16-14-12-10-8-6-2/h13-16,19-22H,5-12,17-18,23-41H2,1-4H3,(H,42,44)/b15-13-,16-14-,21-19-,22-20-. The highest BCUT2D eigenvalue weighted by molar-refractivity contribution is 7.51. The fourth-order valence-corrected chi connectivity index (χ4v) is 6.72. The molecular weight excluding hydrogens is 599 g/mol. The third-order valence-electron chi connectivity index (χ3n) is 8.30. The minimum atomic E-state index is -3.25. The van der Waals surface area contributed by atoms with Crippen molar-refractivity contribution in [2.24, 2.45) is 0 Å². The Hall–Kier alpha value is -0.970. The number of rotatable bonds is 37. The van der Waals surface area contributed by atoms with Gasteiger partial charge in [-0.2, -0.15) is 0 Å². The Kier molecular flexibility index (Phi) is 37.1. The quantitative estimate of drug-likeness (QED) is 0.0403. The highest BCUT2D eigenvalue weighted by Crippen LogP contribution is 2.44. The Labute approximate surface area is 294 Å². The first-order valence-corrected chi connectivity index (χ1v) is 21.5. The number of unbranched alkanes of at least 4 members (excludes halogenated alkanes) is 18. The largest absolute Gasteiger partial charge is 0.405 e. The van der Waals surface area contributed by atoms with Crippen LogP contribution in [-0.2, 0) is 13.6 Å². The predicted molar refractivity (Wildman–Crippen MR) is 209 cm³/mol. The van der Waals surface area contributed by atoms with E-state index < -0.39 is 7.75 Å². The maximum absolute atomic E-state index is 13.4. The van der Waals surface area contributed by atoms with Crippen LogP contribution in [0.1, 0.15) is 174 Å². The van der Waals surface area contributed by atoms with Crippen LogP contribution in [0.3, 0.4) is 0 Å². The summed E-state index contributed by atoms with van der Waals surface area (Å²) in [6.07, 6.45) is 48.5. The van der Waals surface area contributed by atoms with E-state index in [-0.39, 0.29) is 0 Å². The van der Waals surface area contributed by atoms with Gasteiger partial charge in [-0.1, -0.05) is 140 Å². The lowest BCUT2D eigenvalue weighted by Crippen LogP contribution is -2.21. The minimum absolute atomic E-state index is 0.496. The maximum atomic E-state index is 13.4. The number of nitrogens with one attached hydrogen (secondary N) is 1. The summed E-state index contributed by atoms with van der Waals surface area (Å²) in [5.41, 5.74) is 0. The van der Waals surface area contributed by atoms with E-state index in [0.29, 0.717) is 19.8 Å². The van der Waals surface area contributed by atoms with Crippen molar-refractivity contribution in [2.45, 2.75) is 174 Å². The van der Waals surface area contributed by atoms with Crippen molar-refractivity contribution in [1.82, 2.24) is 9.99 Å². The monoisotopic (exact) mass is 679 g/mol. The summed E-state index contributed by atoms with van der Waals surface area (Å²) in [6, 6.07) is 0. The zero-order chi connectivity index (χ0) is 34.4. The van der Waals surface area contributed by atoms with E-state index >= 15 is 0 Å². The second-order valence-electron chi connectivity index (χ2n) is 13.4. The molecule has 5 nitrogen and oxygen atoms in total. The fourth-order valence-electron chi connectivity index (χ4n) is 5.29. The van der Waals surface area contributed by atoms with Gasteiger partial charge < -0.3 is 4.90 Å². The van der Waals surface area contributed by atoms with Crippen LogP contribution in [0.15, 0.2) is 48.6 Å². The number of allylic oxidation sites excluding steroid dienone is 8. The molecule has 0 heterocycles. The molecule has 1 N–H and O–H groups in total. The van der Waals surface area contributed by atoms with Crippen molar-refractivity contribution in [1.29, 1.82) is 0 Å². The molecule has 0 bridgehead atoms. The lowest BCUT2D eigenvalue weighted by Gasteiger charge is -2.20. The molecule has 47 heavy (non-hydrogen) atoms. The molecule has 0 amide bonds. The Balaban J connectivity index is 3.95. The number of hydrogen-bond acceptors (Lipinski definition) is 4. The number of nitrogens with zero attached hydrogens (tertiary/aromatic N) is 1. The van der Waals surface area contributed by atoms with Crippen LogP contribution < -0.4 is 5.09 Å². The van der Waals surface area contributed by atoms with E-state index in [1.165, 1.54) is 116 Å². The summed E-state index contributed by atoms with van der Waals surface area (Å²) in [5, 5.41) is 3.12. The van der Waals surface area contributed by atoms with Crippen molar-refractivity contribution < 1.29 is 13.6 Å². The van der Waals surface area contributed by atoms with Gasteiger partial charge in [0.1, 0.15) is 0 Å². The first-order chi connectivity index (χ1) is 23.0. The molecule has 0 aliphatic rings. The average Bonchev–Trinajstić information content (AvgIpc) is 3.06. The van der Waals surface area contributed by atoms with Gasteiger partial charge in [-0.25, -0.2) is 9.65 Å². The van der Waals surface area contributed by atoms with Gasteiger partial charge in [0.05, 0.1) is 13.2 Å². The summed E-state index contributed by atoms with van der Waals surface area (Å²) in [6.45, 7) is 7.09. The van der Waals surface area contributed by atoms with E-state index in [1.54, 1.807) is 0 Å². The second kappa shape index (κ2) is 37.8. The third kappa shape index (κ3) is 37.7. The van der Waals surface area contributed by atoms with Gasteiger partial charge in [-0.15, -0.1) is 0 Å². The summed E-state index contributed by atoms with van der Waals surface area (Å²) < 4.78 is 25.1. The van der Waals surface area contributed by atoms with Crippen LogP contribution in [0.25, 0.3) is 0 Å². The molecule has 0 unspecified atom stereocenters. The minimum Gasteiger partial charge on any atom is -0.309 e. The van der Waals surface area contributed by atoms with Crippen molar-refractivity contribution >= 4 is 7.75 Å². The molecule has 0 fully saturated rings. The molecule has 0 spiro atoms. The van der Waals surface area contributed by atoms with Gasteiger partial charge in [0, 0.05) is 6.54 Å². The Morgan fingerprint density at radius 3 is 1.23 bits per heavy atom. The summed E-state index contributed by atoms with van der Waals surface area (Å²) in [7, 11) is 0.866. The van der Waals surface area contributed by atoms with Gasteiger partial charge in [-0.3, -0.25) is 9.05 Å². The molecule has 276 valence electrons. The molecule has 0 aromatic heterocycles. The highest BCUT2D eigenvalue weighted by atomic mass is 31.2. The summed E-state index contributed by atoms with van der Waals surface area (Å²) in [4.78, 5) is 2.14. The SMILES string of the molecule is CCCCC/C=C\C/C=C\CCCCCCCCOP(=O)(NCCCN(C)C)OCCCCCCCC/C=C\C/C=C\CCCCC. The van der Waals surface area contributed by atoms with Crippen LogP contribution in [0.2, 0.25) is 0 Å². The first kappa shape index (κ1) is 46.0. The molecular formula is C41H79N2O3P. The van der Waals surface area contributed by atoms with E-state index in [4.69, 9.17) is 9.05 Å². The molecule has 0 aliphatic heterocycles. The summed E-state index contributed by atoms with van der Waals surface area (Å²) in [5.74, 6) is 0. The normalized spacial score (nSPS) is 12.8. The van der Waals surface area contributed by atoms with Gasteiger partial charge in [0.15, 0.2) is 0 Å². The molecule has 0 aliphatic carbocycles. The van der Waals surface area contributed by atoms with Crippen LogP contribution >= 0.6 is 7.75 Å². The molecule has 0 radical (unpaired) electrons. The van der Waals surface area contributed by atoms with Crippen molar-refractivity contribution in [3.05, 3.63) is 48.6 Å². The third-order valence-corrected chi connectivity index (χ3v) is 9.96. The maximum Gasteiger partial charge on any atom is 0.405 e. The molecule has 0 saturated carbocycles. The Bertz CT molecular complexity index is 740. The molecule has 0 atom stereocenters. The predicted octanol–water partition coefficient (Wildman–Crippen LogP) is 13.3. The Morgan fingerprint density at radius 2 is 0.851 bits per heavy atom. The van der Waals surface area contributed by atoms with E-state index in [1.807, 2.05) is 0 Å². The van der Waals surface area contributed by atoms with Gasteiger partial charge >= 0.3 is 7.75 Å². The van der Waals surface area contributed by atoms with Crippen molar-refractivity contribution in [3.63, 3.8) is 0 Å². The van der Waals surface area contributed by atoms with Crippen molar-refractivity contribution in [2.75, 3.05) is 40.4 Å². The summed E-state index contributed by atoms with van der Waals surface area (Å²) >= 11 is 0. The van der Waals surface area contributed by atoms with Gasteiger partial charge in [0.25, 0.3) is 0 Å². The molecule has 0 saturated heterocycles. The van der Waals surface area contributed by atoms with Crippen LogP contribution in [0.4, 0.5) is 0 Å². The highest BCUT2D eigenvalue weighted by Gasteiger charge is 2.23. The zero-order valence-corrected chi connectivity index (χ0v) is 32.6. The van der Waals surface area contributed by atoms with E-state index in [0.717, 1.165) is 51.5 Å². The topological polar surface area (TPSA) is 50.8 Å². The first-order valence-electron chi connectivity index (χ1n) is 19.9. The zero-order valence-electron chi connectivity index (χ0n) is 31.7. The Morgan fingerprint density at radius 1 is 0.489 bits per heavy atom. The molecule has 0 aromatic rings. The van der Waals surface area contributed by atoms with E-state index in [9.17, 15) is 4.57 Å². The lowest BCUT2D eigenvalue weighted by atomic mass is 10.1. The van der Waals surface area contributed by atoms with Crippen LogP contribution in [0, 0.1) is 0 Å². The van der Waals surface area contributed by atoms with E-state index in [2.05, 4.69) is 86.5 Å². The number of hydrogen-bond donors (Lipinski definition) is 1. The van der Waals surface area contributed by atoms with Gasteiger partial charge in [0.2, 0.25) is 0 Å². The fraction of sp³-hybridized carbons (Fsp3) is 0.805. The molecule has 0 rings (SSSR count). The van der Waals surface area contributed by atoms with Gasteiger partial charge in [-0.05, 0) is 104 Å². The van der Waals surface area contributed by atoms with Crippen LogP contribution in [-0.4, -0.2) is 45.3 Å². The second-order valence-corrected chi connectivity index (χ2v) is 15.2. The lowest BCUT2D eigenvalue weighted by molar-refractivity contribution is 0.189. The van der Waals surface area contributed by atoms with Crippen LogP contribution in [0.5, 0.6) is 0 Å². The molecule has 0 aromatic carbocycles. The smallest absolute Gasteiger partial charge is 0.309 e. The molecule has 6 heteroatoms. The average molecular weight is 679 g/mol. The van der Waals surface area contributed by atoms with Crippen molar-refractivity contribution in [3.8, 4) is 0 Å².